The number of nitrogens with zero attached hydrogens (tertiary/aromatic N) is 2. The number of sulfonamides is 1. The molecule has 8 heteroatoms. The molecule has 4 fully saturated rings. The molecule has 2 bridgehead atoms. The van der Waals surface area contributed by atoms with Crippen molar-refractivity contribution in [3.63, 3.8) is 0 Å². The van der Waals surface area contributed by atoms with Crippen LogP contribution in [0.15, 0.2) is 30.3 Å². The highest BCUT2D eigenvalue weighted by Crippen LogP contribution is 2.67. The van der Waals surface area contributed by atoms with Gasteiger partial charge in [-0.25, -0.2) is 13.2 Å². The number of nitrogens with two attached hydrogens (primary N) is 1. The summed E-state index contributed by atoms with van der Waals surface area (Å²) < 4.78 is 37.3. The molecule has 4 aliphatic carbocycles. The molecule has 0 saturated heterocycles. The van der Waals surface area contributed by atoms with E-state index in [9.17, 15) is 18.5 Å². The number of carbonyl (C=O) groups excluding carboxylic acids is 1. The summed E-state index contributed by atoms with van der Waals surface area (Å²) in [5.74, 6) is -0.487. The number of esters is 1. The Kier molecular flexibility index (Phi) is 8.40. The largest absolute Gasteiger partial charge is 0.460 e. The number of rotatable bonds is 9. The molecule has 0 unspecified atom stereocenters. The Morgan fingerprint density at radius 3 is 2.12 bits per heavy atom. The summed E-state index contributed by atoms with van der Waals surface area (Å²) in [7, 11) is -3.63. The quantitative estimate of drug-likeness (QED) is 0.394. The maximum Gasteiger partial charge on any atom is 0.341 e. The summed E-state index contributed by atoms with van der Waals surface area (Å²) in [6.45, 7) is 4.31. The van der Waals surface area contributed by atoms with E-state index in [0.717, 1.165) is 63.4 Å². The number of fused-ring (bicyclic) bond motifs is 2. The fraction of sp³-hybridized carbons (Fsp3) is 0.750. The van der Waals surface area contributed by atoms with Crippen LogP contribution in [0.4, 0.5) is 0 Å². The van der Waals surface area contributed by atoms with E-state index >= 15 is 0 Å². The number of ether oxygens (including phenoxy) is 1. The normalized spacial score (nSPS) is 30.6. The van der Waals surface area contributed by atoms with Crippen molar-refractivity contribution in [1.29, 1.82) is 5.26 Å². The van der Waals surface area contributed by atoms with Gasteiger partial charge in [-0.2, -0.15) is 9.57 Å². The zero-order valence-electron chi connectivity index (χ0n) is 24.3. The van der Waals surface area contributed by atoms with E-state index in [1.165, 1.54) is 12.8 Å². The van der Waals surface area contributed by atoms with Crippen molar-refractivity contribution in [2.45, 2.75) is 127 Å². The monoisotopic (exact) mass is 569 g/mol. The molecule has 4 atom stereocenters. The van der Waals surface area contributed by atoms with Gasteiger partial charge >= 0.3 is 5.97 Å². The topological polar surface area (TPSA) is 113 Å². The van der Waals surface area contributed by atoms with Gasteiger partial charge in [0.1, 0.15) is 6.10 Å². The Bertz CT molecular complexity index is 1180. The zero-order chi connectivity index (χ0) is 28.6. The molecule has 1 aromatic carbocycles. The lowest BCUT2D eigenvalue weighted by molar-refractivity contribution is -0.161. The molecule has 0 heterocycles. The van der Waals surface area contributed by atoms with Crippen LogP contribution in [-0.2, 0) is 26.0 Å². The van der Waals surface area contributed by atoms with Crippen molar-refractivity contribution >= 4 is 16.0 Å². The maximum atomic E-state index is 14.6. The number of carbonyl (C=O) groups is 1. The van der Waals surface area contributed by atoms with Crippen molar-refractivity contribution in [3.8, 4) is 6.07 Å². The van der Waals surface area contributed by atoms with Gasteiger partial charge in [0.2, 0.25) is 15.6 Å². The van der Waals surface area contributed by atoms with Gasteiger partial charge in [-0.1, -0.05) is 82.7 Å². The number of nitriles is 1. The molecule has 7 nitrogen and oxygen atoms in total. The summed E-state index contributed by atoms with van der Waals surface area (Å²) in [6, 6.07) is 11.4. The zero-order valence-corrected chi connectivity index (χ0v) is 25.1. The van der Waals surface area contributed by atoms with E-state index in [1.54, 1.807) is 0 Å². The third kappa shape index (κ3) is 5.34. The van der Waals surface area contributed by atoms with E-state index in [1.807, 2.05) is 40.7 Å². The minimum absolute atomic E-state index is 0.00272. The summed E-state index contributed by atoms with van der Waals surface area (Å²) >= 11 is 0. The summed E-state index contributed by atoms with van der Waals surface area (Å²) in [6.07, 6.45) is 12.1. The molecule has 4 saturated carbocycles. The van der Waals surface area contributed by atoms with Gasteiger partial charge in [0.15, 0.2) is 0 Å². The standard InChI is InChI=1S/C32H47N3O4S/c1-30(2)25-18-19-31(30,28(20-25)39-29(36)32(34,22-33)21-24-12-6-3-7-13-24)23-40(37,38)35(26-14-8-4-9-15-26)27-16-10-5-11-17-27/h3,6-7,12-13,25-28H,4-5,8-11,14-21,23,34H2,1-2H3/t25-,28-,31-,32+/m1/s1. The highest BCUT2D eigenvalue weighted by atomic mass is 32.2. The Morgan fingerprint density at radius 2 is 1.60 bits per heavy atom. The van der Waals surface area contributed by atoms with Gasteiger partial charge in [0.25, 0.3) is 0 Å². The van der Waals surface area contributed by atoms with Crippen molar-refractivity contribution in [1.82, 2.24) is 4.31 Å². The van der Waals surface area contributed by atoms with Gasteiger partial charge in [-0.3, -0.25) is 0 Å². The van der Waals surface area contributed by atoms with Crippen LogP contribution < -0.4 is 5.73 Å². The maximum absolute atomic E-state index is 14.6. The molecule has 5 rings (SSSR count). The fourth-order valence-corrected chi connectivity index (χ4v) is 11.5. The molecule has 1 aromatic rings. The smallest absolute Gasteiger partial charge is 0.341 e. The number of hydrogen-bond donors (Lipinski definition) is 1. The molecule has 0 spiro atoms. The highest BCUT2D eigenvalue weighted by Gasteiger charge is 2.67. The van der Waals surface area contributed by atoms with Crippen molar-refractivity contribution in [3.05, 3.63) is 35.9 Å². The van der Waals surface area contributed by atoms with Crippen LogP contribution in [0.2, 0.25) is 0 Å². The van der Waals surface area contributed by atoms with Crippen molar-refractivity contribution in [2.24, 2.45) is 22.5 Å². The van der Waals surface area contributed by atoms with Crippen LogP contribution >= 0.6 is 0 Å². The molecule has 40 heavy (non-hydrogen) atoms. The van der Waals surface area contributed by atoms with Gasteiger partial charge in [-0.15, -0.1) is 0 Å². The predicted molar refractivity (Wildman–Crippen MR) is 155 cm³/mol. The summed E-state index contributed by atoms with van der Waals surface area (Å²) in [5.41, 5.74) is 4.32. The third-order valence-electron chi connectivity index (χ3n) is 11.1. The lowest BCUT2D eigenvalue weighted by atomic mass is 9.69. The van der Waals surface area contributed by atoms with Crippen LogP contribution in [-0.4, -0.2) is 48.2 Å². The fourth-order valence-electron chi connectivity index (χ4n) is 8.64. The SMILES string of the molecule is CC1(C)[C@@H]2CC[C@@]1(CS(=O)(=O)N(C1CCCCC1)C1CCCCC1)[C@H](OC(=O)[C@@](N)(C#N)Cc1ccccc1)C2. The minimum atomic E-state index is -3.63. The van der Waals surface area contributed by atoms with Gasteiger partial charge < -0.3 is 10.5 Å². The van der Waals surface area contributed by atoms with Crippen LogP contribution in [0.1, 0.15) is 103 Å². The second-order valence-electron chi connectivity index (χ2n) is 13.7. The van der Waals surface area contributed by atoms with Crippen LogP contribution in [0.3, 0.4) is 0 Å². The highest BCUT2D eigenvalue weighted by molar-refractivity contribution is 7.89. The molecule has 0 aromatic heterocycles. The number of benzene rings is 1. The first-order valence-corrected chi connectivity index (χ1v) is 17.1. The van der Waals surface area contributed by atoms with Gasteiger partial charge in [0, 0.05) is 23.9 Å². The molecule has 220 valence electrons. The average Bonchev–Trinajstić information content (AvgIpc) is 3.29. The third-order valence-corrected chi connectivity index (χ3v) is 13.2. The molecule has 0 aliphatic heterocycles. The Hall–Kier alpha value is -1.95. The van der Waals surface area contributed by atoms with Crippen LogP contribution in [0, 0.1) is 28.1 Å². The first-order chi connectivity index (χ1) is 19.0. The van der Waals surface area contributed by atoms with Gasteiger partial charge in [0.05, 0.1) is 11.8 Å². The molecule has 2 N–H and O–H groups in total. The van der Waals surface area contributed by atoms with E-state index in [4.69, 9.17) is 10.5 Å². The van der Waals surface area contributed by atoms with Crippen molar-refractivity contribution in [2.75, 3.05) is 5.75 Å². The first kappa shape index (κ1) is 29.5. The van der Waals surface area contributed by atoms with E-state index in [-0.39, 0.29) is 35.6 Å². The Labute approximate surface area is 240 Å². The van der Waals surface area contributed by atoms with Crippen LogP contribution in [0.5, 0.6) is 0 Å². The first-order valence-electron chi connectivity index (χ1n) is 15.5. The molecule has 0 amide bonds. The van der Waals surface area contributed by atoms with Crippen LogP contribution in [0.25, 0.3) is 0 Å². The van der Waals surface area contributed by atoms with E-state index in [0.29, 0.717) is 12.8 Å². The average molecular weight is 570 g/mol. The second-order valence-corrected chi connectivity index (χ2v) is 15.5. The Morgan fingerprint density at radius 1 is 1.02 bits per heavy atom. The Balaban J connectivity index is 1.42. The molecular weight excluding hydrogens is 522 g/mol. The summed E-state index contributed by atoms with van der Waals surface area (Å²) in [4.78, 5) is 13.6. The second kappa shape index (κ2) is 11.4. The molecule has 4 aliphatic rings. The van der Waals surface area contributed by atoms with E-state index in [2.05, 4.69) is 13.8 Å². The summed E-state index contributed by atoms with van der Waals surface area (Å²) in [5, 5.41) is 9.96. The molecule has 0 radical (unpaired) electrons. The van der Waals surface area contributed by atoms with E-state index < -0.39 is 33.1 Å². The molecular formula is C32H47N3O4S. The lowest BCUT2D eigenvalue weighted by Gasteiger charge is -2.46. The van der Waals surface area contributed by atoms with Crippen molar-refractivity contribution < 1.29 is 17.9 Å². The van der Waals surface area contributed by atoms with Gasteiger partial charge in [-0.05, 0) is 61.8 Å². The lowest BCUT2D eigenvalue weighted by Crippen LogP contribution is -2.56. The number of hydrogen-bond acceptors (Lipinski definition) is 6. The minimum Gasteiger partial charge on any atom is -0.460 e. The predicted octanol–water partition coefficient (Wildman–Crippen LogP) is 5.49.